The van der Waals surface area contributed by atoms with E-state index in [9.17, 15) is 4.79 Å². The molecule has 1 amide bonds. The summed E-state index contributed by atoms with van der Waals surface area (Å²) in [6.45, 7) is 0.623. The van der Waals surface area contributed by atoms with Crippen LogP contribution in [0.2, 0.25) is 0 Å². The lowest BCUT2D eigenvalue weighted by Gasteiger charge is -2.11. The molecule has 0 aliphatic carbocycles. The smallest absolute Gasteiger partial charge is 0.257 e. The third-order valence-corrected chi connectivity index (χ3v) is 2.71. The number of carbonyl (C=O) groups is 1. The number of nitrogen functional groups attached to an aromatic ring is 1. The highest BCUT2D eigenvalue weighted by molar-refractivity contribution is 7.98. The zero-order valence-electron chi connectivity index (χ0n) is 9.45. The third-order valence-electron chi connectivity index (χ3n) is 2.10. The molecule has 88 valence electrons. The zero-order valence-corrected chi connectivity index (χ0v) is 10.3. The Morgan fingerprint density at radius 1 is 1.56 bits per heavy atom. The van der Waals surface area contributed by atoms with Crippen LogP contribution in [-0.4, -0.2) is 31.6 Å². The zero-order chi connectivity index (χ0) is 12.0. The van der Waals surface area contributed by atoms with E-state index >= 15 is 0 Å². The Kier molecular flexibility index (Phi) is 4.98. The number of nitrogens with two attached hydrogens (primary N) is 1. The fourth-order valence-corrected chi connectivity index (χ4v) is 1.62. The van der Waals surface area contributed by atoms with Crippen LogP contribution >= 0.6 is 11.8 Å². The molecular weight excluding hydrogens is 224 g/mol. The second-order valence-corrected chi connectivity index (χ2v) is 4.16. The largest absolute Gasteiger partial charge is 0.496 e. The number of methoxy groups -OCH3 is 1. The van der Waals surface area contributed by atoms with E-state index in [1.807, 2.05) is 6.26 Å². The SMILES string of the molecule is COc1cccc(N)c1C(=O)NCCSC. The van der Waals surface area contributed by atoms with Gasteiger partial charge in [-0.15, -0.1) is 0 Å². The number of ether oxygens (including phenoxy) is 1. The summed E-state index contributed by atoms with van der Waals surface area (Å²) >= 11 is 1.68. The van der Waals surface area contributed by atoms with Gasteiger partial charge in [-0.25, -0.2) is 0 Å². The van der Waals surface area contributed by atoms with Crippen molar-refractivity contribution < 1.29 is 9.53 Å². The number of rotatable bonds is 5. The first-order valence-corrected chi connectivity index (χ1v) is 6.29. The topological polar surface area (TPSA) is 64.3 Å². The molecule has 1 aromatic rings. The number of hydrogen-bond acceptors (Lipinski definition) is 4. The summed E-state index contributed by atoms with van der Waals surface area (Å²) in [5, 5.41) is 2.80. The summed E-state index contributed by atoms with van der Waals surface area (Å²) in [7, 11) is 1.52. The van der Waals surface area contributed by atoms with Gasteiger partial charge < -0.3 is 15.8 Å². The van der Waals surface area contributed by atoms with Crippen molar-refractivity contribution in [3.63, 3.8) is 0 Å². The predicted octanol–water partition coefficient (Wildman–Crippen LogP) is 1.37. The number of benzene rings is 1. The number of thioether (sulfide) groups is 1. The van der Waals surface area contributed by atoms with Crippen molar-refractivity contribution in [2.45, 2.75) is 0 Å². The van der Waals surface area contributed by atoms with Gasteiger partial charge in [-0.05, 0) is 18.4 Å². The van der Waals surface area contributed by atoms with Gasteiger partial charge in [0.25, 0.3) is 5.91 Å². The van der Waals surface area contributed by atoms with Gasteiger partial charge in [0.05, 0.1) is 7.11 Å². The number of anilines is 1. The first-order chi connectivity index (χ1) is 7.70. The second-order valence-electron chi connectivity index (χ2n) is 3.17. The van der Waals surface area contributed by atoms with Gasteiger partial charge in [-0.3, -0.25) is 4.79 Å². The van der Waals surface area contributed by atoms with E-state index in [4.69, 9.17) is 10.5 Å². The fourth-order valence-electron chi connectivity index (χ4n) is 1.32. The molecule has 0 saturated heterocycles. The molecule has 0 radical (unpaired) electrons. The van der Waals surface area contributed by atoms with E-state index in [-0.39, 0.29) is 5.91 Å². The lowest BCUT2D eigenvalue weighted by atomic mass is 10.1. The molecule has 0 bridgehead atoms. The van der Waals surface area contributed by atoms with Crippen molar-refractivity contribution >= 4 is 23.4 Å². The molecule has 16 heavy (non-hydrogen) atoms. The maximum Gasteiger partial charge on any atom is 0.257 e. The van der Waals surface area contributed by atoms with E-state index in [2.05, 4.69) is 5.32 Å². The molecule has 4 nitrogen and oxygen atoms in total. The first-order valence-electron chi connectivity index (χ1n) is 4.90. The maximum absolute atomic E-state index is 11.8. The number of carbonyl (C=O) groups excluding carboxylic acids is 1. The van der Waals surface area contributed by atoms with Crippen molar-refractivity contribution in [1.29, 1.82) is 0 Å². The molecule has 0 aliphatic heterocycles. The quantitative estimate of drug-likeness (QED) is 0.602. The van der Waals surface area contributed by atoms with Crippen molar-refractivity contribution in [3.8, 4) is 5.75 Å². The molecule has 1 rings (SSSR count). The average molecular weight is 240 g/mol. The standard InChI is InChI=1S/C11H16N2O2S/c1-15-9-5-3-4-8(12)10(9)11(14)13-6-7-16-2/h3-5H,6-7,12H2,1-2H3,(H,13,14). The van der Waals surface area contributed by atoms with Crippen LogP contribution in [0.5, 0.6) is 5.75 Å². The monoisotopic (exact) mass is 240 g/mol. The van der Waals surface area contributed by atoms with Crippen LogP contribution in [0.1, 0.15) is 10.4 Å². The number of hydrogen-bond donors (Lipinski definition) is 2. The molecule has 0 aliphatic rings. The number of nitrogens with one attached hydrogen (secondary N) is 1. The summed E-state index contributed by atoms with van der Waals surface area (Å²) in [6.07, 6.45) is 1.99. The van der Waals surface area contributed by atoms with Crippen LogP contribution in [-0.2, 0) is 0 Å². The minimum Gasteiger partial charge on any atom is -0.496 e. The van der Waals surface area contributed by atoms with Gasteiger partial charge in [0.15, 0.2) is 0 Å². The molecule has 0 saturated carbocycles. The Hall–Kier alpha value is -1.36. The fraction of sp³-hybridized carbons (Fsp3) is 0.364. The molecule has 0 aromatic heterocycles. The molecule has 0 unspecified atom stereocenters. The van der Waals surface area contributed by atoms with E-state index in [0.717, 1.165) is 5.75 Å². The molecule has 0 atom stereocenters. The summed E-state index contributed by atoms with van der Waals surface area (Å²) in [5.41, 5.74) is 6.60. The highest BCUT2D eigenvalue weighted by Crippen LogP contribution is 2.23. The molecule has 3 N–H and O–H groups in total. The molecule has 1 aromatic carbocycles. The van der Waals surface area contributed by atoms with Crippen LogP contribution in [0.25, 0.3) is 0 Å². The Morgan fingerprint density at radius 3 is 2.94 bits per heavy atom. The highest BCUT2D eigenvalue weighted by atomic mass is 32.2. The Labute approximate surface area is 99.5 Å². The second kappa shape index (κ2) is 6.27. The Bertz CT molecular complexity index is 369. The summed E-state index contributed by atoms with van der Waals surface area (Å²) in [4.78, 5) is 11.8. The lowest BCUT2D eigenvalue weighted by molar-refractivity contribution is 0.0954. The summed E-state index contributed by atoms with van der Waals surface area (Å²) < 4.78 is 5.11. The van der Waals surface area contributed by atoms with Crippen LogP contribution < -0.4 is 15.8 Å². The highest BCUT2D eigenvalue weighted by Gasteiger charge is 2.14. The van der Waals surface area contributed by atoms with Gasteiger partial charge in [-0.2, -0.15) is 11.8 Å². The lowest BCUT2D eigenvalue weighted by Crippen LogP contribution is -2.27. The van der Waals surface area contributed by atoms with Gasteiger partial charge in [0.1, 0.15) is 11.3 Å². The molecular formula is C11H16N2O2S. The van der Waals surface area contributed by atoms with Gasteiger partial charge in [0, 0.05) is 18.0 Å². The molecule has 5 heteroatoms. The van der Waals surface area contributed by atoms with Gasteiger partial charge in [0.2, 0.25) is 0 Å². The van der Waals surface area contributed by atoms with Gasteiger partial charge in [-0.1, -0.05) is 6.07 Å². The van der Waals surface area contributed by atoms with Crippen molar-refractivity contribution in [2.24, 2.45) is 0 Å². The number of amides is 1. The van der Waals surface area contributed by atoms with Crippen LogP contribution in [0, 0.1) is 0 Å². The molecule has 0 fully saturated rings. The van der Waals surface area contributed by atoms with Crippen molar-refractivity contribution in [2.75, 3.05) is 31.4 Å². The van der Waals surface area contributed by atoms with E-state index in [1.165, 1.54) is 7.11 Å². The maximum atomic E-state index is 11.8. The van der Waals surface area contributed by atoms with E-state index in [1.54, 1.807) is 30.0 Å². The first kappa shape index (κ1) is 12.7. The predicted molar refractivity (Wildman–Crippen MR) is 68.1 cm³/mol. The minimum absolute atomic E-state index is 0.191. The van der Waals surface area contributed by atoms with Crippen molar-refractivity contribution in [1.82, 2.24) is 5.32 Å². The Morgan fingerprint density at radius 2 is 2.31 bits per heavy atom. The average Bonchev–Trinajstić information content (AvgIpc) is 2.28. The minimum atomic E-state index is -0.191. The van der Waals surface area contributed by atoms with E-state index < -0.39 is 0 Å². The molecule has 0 heterocycles. The van der Waals surface area contributed by atoms with Crippen LogP contribution in [0.15, 0.2) is 18.2 Å². The Balaban J connectivity index is 2.81. The van der Waals surface area contributed by atoms with Crippen molar-refractivity contribution in [3.05, 3.63) is 23.8 Å². The van der Waals surface area contributed by atoms with Crippen LogP contribution in [0.3, 0.4) is 0 Å². The van der Waals surface area contributed by atoms with Crippen LogP contribution in [0.4, 0.5) is 5.69 Å². The summed E-state index contributed by atoms with van der Waals surface area (Å²) in [5.74, 6) is 1.19. The van der Waals surface area contributed by atoms with Gasteiger partial charge >= 0.3 is 0 Å². The van der Waals surface area contributed by atoms with E-state index in [0.29, 0.717) is 23.5 Å². The normalized spacial score (nSPS) is 9.88. The summed E-state index contributed by atoms with van der Waals surface area (Å²) in [6, 6.07) is 5.17. The third kappa shape index (κ3) is 3.06. The molecule has 0 spiro atoms.